The second-order valence-corrected chi connectivity index (χ2v) is 23.1. The molecule has 2 aliphatic heterocycles. The molecular formula is C63H76N16O7. The first-order chi connectivity index (χ1) is 41.9. The van der Waals surface area contributed by atoms with E-state index in [1.807, 2.05) is 72.8 Å². The second-order valence-electron chi connectivity index (χ2n) is 23.1. The predicted molar refractivity (Wildman–Crippen MR) is 326 cm³/mol. The number of hydrogen-bond donors (Lipinski definition) is 11. The molecule has 2 aliphatic carbocycles. The number of amides is 2. The highest BCUT2D eigenvalue weighted by Crippen LogP contribution is 2.38. The second kappa shape index (κ2) is 25.8. The van der Waals surface area contributed by atoms with Gasteiger partial charge in [-0.05, 0) is 47.9 Å². The minimum atomic E-state index is -1.20. The van der Waals surface area contributed by atoms with Gasteiger partial charge in [0.2, 0.25) is 23.7 Å². The maximum Gasteiger partial charge on any atom is 0.229 e. The molecule has 23 nitrogen and oxygen atoms in total. The van der Waals surface area contributed by atoms with Gasteiger partial charge < -0.3 is 65.7 Å². The average Bonchev–Trinajstić information content (AvgIpc) is 4.42. The van der Waals surface area contributed by atoms with Crippen LogP contribution in [0.25, 0.3) is 22.3 Å². The summed E-state index contributed by atoms with van der Waals surface area (Å²) in [6, 6.07) is 38.2. The summed E-state index contributed by atoms with van der Waals surface area (Å²) in [6.45, 7) is 6.52. The van der Waals surface area contributed by atoms with Crippen LogP contribution in [0.15, 0.2) is 134 Å². The van der Waals surface area contributed by atoms with Gasteiger partial charge in [-0.15, -0.1) is 0 Å². The molecule has 450 valence electrons. The zero-order chi connectivity index (χ0) is 59.4. The van der Waals surface area contributed by atoms with Crippen molar-refractivity contribution in [3.05, 3.63) is 156 Å². The number of imidazole rings is 2. The fourth-order valence-electron chi connectivity index (χ4n) is 12.9. The van der Waals surface area contributed by atoms with E-state index in [9.17, 15) is 35.1 Å². The molecule has 0 unspecified atom stereocenters. The monoisotopic (exact) mass is 1170 g/mol. The number of benzene rings is 4. The van der Waals surface area contributed by atoms with E-state index in [2.05, 4.69) is 90.2 Å². The van der Waals surface area contributed by atoms with Crippen molar-refractivity contribution in [2.75, 3.05) is 59.7 Å². The Hall–Kier alpha value is -8.16. The Morgan fingerprint density at radius 2 is 0.884 bits per heavy atom. The summed E-state index contributed by atoms with van der Waals surface area (Å²) < 4.78 is 3.57. The Kier molecular flexibility index (Phi) is 17.5. The summed E-state index contributed by atoms with van der Waals surface area (Å²) in [7, 11) is 0. The van der Waals surface area contributed by atoms with Crippen LogP contribution in [-0.4, -0.2) is 171 Å². The van der Waals surface area contributed by atoms with E-state index in [-0.39, 0.29) is 61.4 Å². The molecule has 2 saturated carbocycles. The fourth-order valence-corrected chi connectivity index (χ4v) is 12.9. The van der Waals surface area contributed by atoms with Crippen molar-refractivity contribution >= 4 is 57.7 Å². The van der Waals surface area contributed by atoms with Gasteiger partial charge in [-0.25, -0.2) is 9.97 Å². The van der Waals surface area contributed by atoms with Crippen LogP contribution >= 0.6 is 0 Å². The number of aliphatic hydroxyl groups is 5. The van der Waals surface area contributed by atoms with Gasteiger partial charge in [-0.2, -0.15) is 19.9 Å². The lowest BCUT2D eigenvalue weighted by Crippen LogP contribution is -2.52. The predicted octanol–water partition coefficient (Wildman–Crippen LogP) is 3.89. The molecule has 0 spiro atoms. The first-order valence-electron chi connectivity index (χ1n) is 30.1. The molecular weight excluding hydrogens is 1090 g/mol. The highest BCUT2D eigenvalue weighted by molar-refractivity contribution is 5.86. The van der Waals surface area contributed by atoms with E-state index in [1.54, 1.807) is 35.6 Å². The Labute approximate surface area is 498 Å². The van der Waals surface area contributed by atoms with Crippen LogP contribution in [0.1, 0.15) is 98.5 Å². The number of aliphatic hydroxyl groups excluding tert-OH is 5. The van der Waals surface area contributed by atoms with E-state index in [0.717, 1.165) is 22.3 Å². The Morgan fingerprint density at radius 3 is 1.23 bits per heavy atom. The van der Waals surface area contributed by atoms with Crippen LogP contribution in [0.3, 0.4) is 0 Å². The summed E-state index contributed by atoms with van der Waals surface area (Å²) in [5, 5.41) is 76.7. The molecule has 4 fully saturated rings. The van der Waals surface area contributed by atoms with Crippen LogP contribution < -0.4 is 41.7 Å². The van der Waals surface area contributed by atoms with Crippen molar-refractivity contribution in [1.29, 1.82) is 0 Å². The van der Waals surface area contributed by atoms with Crippen LogP contribution in [-0.2, 0) is 9.59 Å². The summed E-state index contributed by atoms with van der Waals surface area (Å²) in [5.74, 6) is 1.38. The third-order valence-corrected chi connectivity index (χ3v) is 17.7. The molecule has 86 heavy (non-hydrogen) atoms. The maximum absolute atomic E-state index is 12.5. The SMILES string of the molecule is CCC(=O)N[C@H]1C[C@@H](n2cnc3c(NCC(c4ccccc4)c4ccccc4)nc(N4CC[C@@H](NC(O)N[C@@H]5CCN(c6nc(NCC(c7ccccc7)c7ccccc7)c7ncn([C@@H]8C[C@H](NC(=O)CC)[C@@H](O)[C@H]8O)c7n6)C5)C4)nc32)[C@H](O)[C@@H]1O. The number of hydrogen-bond acceptors (Lipinski definition) is 19. The summed E-state index contributed by atoms with van der Waals surface area (Å²) in [4.78, 5) is 59.1. The highest BCUT2D eigenvalue weighted by Gasteiger charge is 2.45. The van der Waals surface area contributed by atoms with E-state index in [4.69, 9.17) is 29.9 Å². The zero-order valence-electron chi connectivity index (χ0n) is 48.2. The molecule has 2 amide bonds. The van der Waals surface area contributed by atoms with Crippen LogP contribution in [0, 0.1) is 0 Å². The number of aromatic nitrogens is 8. The smallest absolute Gasteiger partial charge is 0.229 e. The lowest BCUT2D eigenvalue weighted by atomic mass is 9.91. The van der Waals surface area contributed by atoms with E-state index < -0.39 is 54.9 Å². The maximum atomic E-state index is 12.5. The zero-order valence-corrected chi connectivity index (χ0v) is 48.2. The molecule has 12 rings (SSSR count). The van der Waals surface area contributed by atoms with Crippen molar-refractivity contribution in [3.63, 3.8) is 0 Å². The highest BCUT2D eigenvalue weighted by atomic mass is 16.3. The van der Waals surface area contributed by atoms with Gasteiger partial charge in [0, 0.05) is 76.0 Å². The van der Waals surface area contributed by atoms with Crippen molar-refractivity contribution in [3.8, 4) is 0 Å². The average molecular weight is 1170 g/mol. The summed E-state index contributed by atoms with van der Waals surface area (Å²) in [5.41, 5.74) is 6.44. The van der Waals surface area contributed by atoms with Crippen molar-refractivity contribution in [2.45, 2.75) is 131 Å². The summed E-state index contributed by atoms with van der Waals surface area (Å²) >= 11 is 0. The molecule has 10 atom stereocenters. The standard InChI is InChI=1S/C63H76N16O7/c1-3-49(80)70-45-29-47(55(84)53(45)82)78-35-66-51-57(64-31-43(37-17-9-5-10-18-37)38-19-11-6-12-20-38)72-61(74-59(51)78)76-27-25-41(33-76)68-63(86)69-42-26-28-77(34-42)62-73-58(65-32-44(39-21-13-7-14-22-39)40-23-15-8-16-24-40)52-60(75-62)79(36-67-52)48-30-46(54(83)56(48)85)71-50(81)4-2/h5-24,35-36,41-48,53-56,63,68-69,82-86H,3-4,25-34H2,1-2H3,(H,70,80)(H,71,81)(H,64,72,74)(H,65,73,75)/t41-,42-,45+,46+,47-,48-,53-,54-,55+,56+/m1/s1. The Balaban J connectivity index is 0.764. The van der Waals surface area contributed by atoms with Crippen molar-refractivity contribution in [1.82, 2.24) is 60.3 Å². The minimum absolute atomic E-state index is 0.0357. The molecule has 4 aromatic heterocycles. The fraction of sp³-hybridized carbons (Fsp3) is 0.429. The molecule has 0 bridgehead atoms. The molecule has 2 saturated heterocycles. The number of carbonyl (C=O) groups excluding carboxylic acids is 2. The molecule has 0 radical (unpaired) electrons. The van der Waals surface area contributed by atoms with E-state index in [1.165, 1.54) is 0 Å². The third kappa shape index (κ3) is 12.3. The largest absolute Gasteiger partial charge is 0.388 e. The molecule has 6 heterocycles. The van der Waals surface area contributed by atoms with Gasteiger partial charge in [0.05, 0.1) is 36.8 Å². The number of fused-ring (bicyclic) bond motifs is 2. The first-order valence-corrected chi connectivity index (χ1v) is 30.1. The molecule has 4 aromatic carbocycles. The van der Waals surface area contributed by atoms with Crippen LogP contribution in [0.5, 0.6) is 0 Å². The van der Waals surface area contributed by atoms with Crippen LogP contribution in [0.4, 0.5) is 23.5 Å². The Morgan fingerprint density at radius 1 is 0.523 bits per heavy atom. The quantitative estimate of drug-likeness (QED) is 0.0429. The lowest BCUT2D eigenvalue weighted by Gasteiger charge is -2.24. The molecule has 8 aromatic rings. The van der Waals surface area contributed by atoms with Gasteiger partial charge >= 0.3 is 0 Å². The van der Waals surface area contributed by atoms with Gasteiger partial charge in [0.15, 0.2) is 40.3 Å². The van der Waals surface area contributed by atoms with Gasteiger partial charge in [-0.1, -0.05) is 135 Å². The Bertz CT molecular complexity index is 3270. The topological polar surface area (TPSA) is 301 Å². The number of nitrogens with one attached hydrogen (secondary N) is 6. The van der Waals surface area contributed by atoms with Gasteiger partial charge in [0.1, 0.15) is 24.4 Å². The third-order valence-electron chi connectivity index (χ3n) is 17.7. The van der Waals surface area contributed by atoms with Crippen LogP contribution in [0.2, 0.25) is 0 Å². The normalized spacial score (nSPS) is 24.3. The van der Waals surface area contributed by atoms with Crippen molar-refractivity contribution in [2.24, 2.45) is 0 Å². The molecule has 11 N–H and O–H groups in total. The lowest BCUT2D eigenvalue weighted by molar-refractivity contribution is -0.123. The van der Waals surface area contributed by atoms with Gasteiger partial charge in [0.25, 0.3) is 0 Å². The molecule has 23 heteroatoms. The molecule has 4 aliphatic rings. The van der Waals surface area contributed by atoms with Crippen molar-refractivity contribution < 1.29 is 35.1 Å². The number of carbonyl (C=O) groups is 2. The number of rotatable bonds is 22. The summed E-state index contributed by atoms with van der Waals surface area (Å²) in [6.07, 6.45) is -0.274. The first kappa shape index (κ1) is 58.2. The van der Waals surface area contributed by atoms with E-state index >= 15 is 0 Å². The minimum Gasteiger partial charge on any atom is -0.388 e. The number of nitrogens with zero attached hydrogens (tertiary/aromatic N) is 10. The van der Waals surface area contributed by atoms with Gasteiger partial charge in [-0.3, -0.25) is 20.2 Å². The van der Waals surface area contributed by atoms with E-state index in [0.29, 0.717) is 98.0 Å². The number of anilines is 4.